The molecule has 0 unspecified atom stereocenters. The standard InChI is InChI=1S/C12H14N2O2/c1-8-2-3-9-6-14(7-11(13)15)12(16)5-10(9)4-8/h2-4H,5-7H2,1H3,(H2,13,15). The molecule has 1 aliphatic heterocycles. The smallest absolute Gasteiger partial charge is 0.237 e. The zero-order chi connectivity index (χ0) is 11.7. The summed E-state index contributed by atoms with van der Waals surface area (Å²) >= 11 is 0. The summed E-state index contributed by atoms with van der Waals surface area (Å²) in [5, 5.41) is 0. The first kappa shape index (κ1) is 10.7. The Hall–Kier alpha value is -1.84. The number of nitrogens with zero attached hydrogens (tertiary/aromatic N) is 1. The highest BCUT2D eigenvalue weighted by molar-refractivity contribution is 5.86. The molecule has 2 rings (SSSR count). The Morgan fingerprint density at radius 1 is 1.44 bits per heavy atom. The number of rotatable bonds is 2. The Morgan fingerprint density at radius 3 is 2.88 bits per heavy atom. The first-order valence-corrected chi connectivity index (χ1v) is 5.21. The number of carbonyl (C=O) groups is 2. The summed E-state index contributed by atoms with van der Waals surface area (Å²) < 4.78 is 0. The molecule has 16 heavy (non-hydrogen) atoms. The number of hydrogen-bond donors (Lipinski definition) is 1. The molecule has 4 nitrogen and oxygen atoms in total. The topological polar surface area (TPSA) is 63.4 Å². The van der Waals surface area contributed by atoms with Crippen molar-refractivity contribution in [3.8, 4) is 0 Å². The van der Waals surface area contributed by atoms with Crippen LogP contribution in [0.4, 0.5) is 0 Å². The average Bonchev–Trinajstić information content (AvgIpc) is 2.19. The van der Waals surface area contributed by atoms with Crippen LogP contribution in [0.5, 0.6) is 0 Å². The third kappa shape index (κ3) is 2.05. The second-order valence-corrected chi connectivity index (χ2v) is 4.17. The van der Waals surface area contributed by atoms with Gasteiger partial charge >= 0.3 is 0 Å². The highest BCUT2D eigenvalue weighted by atomic mass is 16.2. The van der Waals surface area contributed by atoms with Gasteiger partial charge < -0.3 is 10.6 Å². The number of hydrogen-bond acceptors (Lipinski definition) is 2. The number of carbonyl (C=O) groups excluding carboxylic acids is 2. The van der Waals surface area contributed by atoms with Crippen molar-refractivity contribution in [2.45, 2.75) is 19.9 Å². The molecule has 4 heteroatoms. The Morgan fingerprint density at radius 2 is 2.19 bits per heavy atom. The van der Waals surface area contributed by atoms with Crippen LogP contribution >= 0.6 is 0 Å². The van der Waals surface area contributed by atoms with E-state index in [0.717, 1.165) is 16.7 Å². The Labute approximate surface area is 94.0 Å². The van der Waals surface area contributed by atoms with E-state index in [-0.39, 0.29) is 12.5 Å². The molecule has 0 bridgehead atoms. The molecular formula is C12H14N2O2. The lowest BCUT2D eigenvalue weighted by atomic mass is 9.97. The van der Waals surface area contributed by atoms with Gasteiger partial charge in [-0.05, 0) is 18.1 Å². The maximum Gasteiger partial charge on any atom is 0.237 e. The highest BCUT2D eigenvalue weighted by Gasteiger charge is 2.23. The van der Waals surface area contributed by atoms with Gasteiger partial charge in [0.25, 0.3) is 0 Å². The minimum atomic E-state index is -0.469. The van der Waals surface area contributed by atoms with E-state index in [0.29, 0.717) is 13.0 Å². The molecule has 1 aromatic carbocycles. The van der Waals surface area contributed by atoms with Gasteiger partial charge in [-0.2, -0.15) is 0 Å². The summed E-state index contributed by atoms with van der Waals surface area (Å²) in [6.45, 7) is 2.49. The molecule has 1 aliphatic rings. The Balaban J connectivity index is 2.25. The van der Waals surface area contributed by atoms with Crippen molar-refractivity contribution in [2.24, 2.45) is 5.73 Å². The van der Waals surface area contributed by atoms with E-state index in [4.69, 9.17) is 5.73 Å². The van der Waals surface area contributed by atoms with Crippen LogP contribution in [0.3, 0.4) is 0 Å². The zero-order valence-electron chi connectivity index (χ0n) is 9.19. The van der Waals surface area contributed by atoms with E-state index in [1.165, 1.54) is 4.90 Å². The van der Waals surface area contributed by atoms with Crippen LogP contribution in [0, 0.1) is 6.92 Å². The molecule has 0 spiro atoms. The van der Waals surface area contributed by atoms with Crippen LogP contribution < -0.4 is 5.73 Å². The van der Waals surface area contributed by atoms with Gasteiger partial charge in [0.05, 0.1) is 13.0 Å². The second-order valence-electron chi connectivity index (χ2n) is 4.17. The van der Waals surface area contributed by atoms with Crippen molar-refractivity contribution in [1.29, 1.82) is 0 Å². The van der Waals surface area contributed by atoms with E-state index in [2.05, 4.69) is 0 Å². The monoisotopic (exact) mass is 218 g/mol. The number of amides is 2. The molecule has 0 saturated heterocycles. The summed E-state index contributed by atoms with van der Waals surface area (Å²) in [4.78, 5) is 24.0. The predicted octanol–water partition coefficient (Wildman–Crippen LogP) is 0.365. The molecule has 84 valence electrons. The van der Waals surface area contributed by atoms with Crippen LogP contribution in [0.2, 0.25) is 0 Å². The van der Waals surface area contributed by atoms with E-state index >= 15 is 0 Å². The normalized spacial score (nSPS) is 14.8. The largest absolute Gasteiger partial charge is 0.368 e. The van der Waals surface area contributed by atoms with Crippen LogP contribution in [0.1, 0.15) is 16.7 Å². The van der Waals surface area contributed by atoms with Crippen molar-refractivity contribution < 1.29 is 9.59 Å². The van der Waals surface area contributed by atoms with Crippen molar-refractivity contribution >= 4 is 11.8 Å². The van der Waals surface area contributed by atoms with Crippen LogP contribution in [0.25, 0.3) is 0 Å². The lowest BCUT2D eigenvalue weighted by molar-refractivity contribution is -0.135. The summed E-state index contributed by atoms with van der Waals surface area (Å²) in [7, 11) is 0. The Kier molecular flexibility index (Phi) is 2.64. The zero-order valence-corrected chi connectivity index (χ0v) is 9.19. The fourth-order valence-corrected chi connectivity index (χ4v) is 1.97. The fourth-order valence-electron chi connectivity index (χ4n) is 1.97. The minimum Gasteiger partial charge on any atom is -0.368 e. The molecule has 0 aromatic heterocycles. The summed E-state index contributed by atoms with van der Waals surface area (Å²) in [6, 6.07) is 6.04. The molecule has 0 radical (unpaired) electrons. The maximum atomic E-state index is 11.7. The minimum absolute atomic E-state index is 0.00610. The van der Waals surface area contributed by atoms with Gasteiger partial charge in [0.2, 0.25) is 11.8 Å². The maximum absolute atomic E-state index is 11.7. The SMILES string of the molecule is Cc1ccc2c(c1)CC(=O)N(CC(N)=O)C2. The molecule has 2 amide bonds. The third-order valence-electron chi connectivity index (χ3n) is 2.76. The highest BCUT2D eigenvalue weighted by Crippen LogP contribution is 2.20. The summed E-state index contributed by atoms with van der Waals surface area (Å²) in [6.07, 6.45) is 0.365. The number of aryl methyl sites for hydroxylation is 1. The predicted molar refractivity (Wildman–Crippen MR) is 59.5 cm³/mol. The van der Waals surface area contributed by atoms with E-state index in [1.807, 2.05) is 25.1 Å². The van der Waals surface area contributed by atoms with Crippen LogP contribution in [-0.2, 0) is 22.6 Å². The van der Waals surface area contributed by atoms with Gasteiger partial charge in [-0.3, -0.25) is 9.59 Å². The third-order valence-corrected chi connectivity index (χ3v) is 2.76. The number of benzene rings is 1. The van der Waals surface area contributed by atoms with Gasteiger partial charge in [-0.25, -0.2) is 0 Å². The first-order valence-electron chi connectivity index (χ1n) is 5.21. The van der Waals surface area contributed by atoms with Crippen LogP contribution in [0.15, 0.2) is 18.2 Å². The molecule has 0 fully saturated rings. The van der Waals surface area contributed by atoms with E-state index < -0.39 is 5.91 Å². The Bertz CT molecular complexity index is 454. The molecular weight excluding hydrogens is 204 g/mol. The first-order chi connectivity index (χ1) is 7.56. The quantitative estimate of drug-likeness (QED) is 0.779. The fraction of sp³-hybridized carbons (Fsp3) is 0.333. The van der Waals surface area contributed by atoms with Gasteiger partial charge in [0.1, 0.15) is 0 Å². The van der Waals surface area contributed by atoms with Gasteiger partial charge in [-0.15, -0.1) is 0 Å². The molecule has 2 N–H and O–H groups in total. The van der Waals surface area contributed by atoms with E-state index in [9.17, 15) is 9.59 Å². The van der Waals surface area contributed by atoms with Crippen molar-refractivity contribution in [3.63, 3.8) is 0 Å². The lowest BCUT2D eigenvalue weighted by Crippen LogP contribution is -2.41. The summed E-state index contributed by atoms with van der Waals surface area (Å²) in [5.41, 5.74) is 8.41. The molecule has 0 aliphatic carbocycles. The van der Waals surface area contributed by atoms with Crippen molar-refractivity contribution in [3.05, 3.63) is 34.9 Å². The summed E-state index contributed by atoms with van der Waals surface area (Å²) in [5.74, 6) is -0.499. The van der Waals surface area contributed by atoms with Gasteiger partial charge in [-0.1, -0.05) is 23.8 Å². The second kappa shape index (κ2) is 3.96. The molecule has 0 atom stereocenters. The molecule has 1 heterocycles. The van der Waals surface area contributed by atoms with Crippen molar-refractivity contribution in [1.82, 2.24) is 4.90 Å². The number of primary amides is 1. The molecule has 1 aromatic rings. The van der Waals surface area contributed by atoms with E-state index in [1.54, 1.807) is 0 Å². The molecule has 0 saturated carbocycles. The van der Waals surface area contributed by atoms with Gasteiger partial charge in [0, 0.05) is 6.54 Å². The van der Waals surface area contributed by atoms with Crippen molar-refractivity contribution in [2.75, 3.05) is 6.54 Å². The lowest BCUT2D eigenvalue weighted by Gasteiger charge is -2.27. The average molecular weight is 218 g/mol. The number of nitrogens with two attached hydrogens (primary N) is 1. The number of fused-ring (bicyclic) bond motifs is 1. The van der Waals surface area contributed by atoms with Crippen LogP contribution in [-0.4, -0.2) is 23.3 Å². The van der Waals surface area contributed by atoms with Gasteiger partial charge in [0.15, 0.2) is 0 Å².